The molecule has 2 aliphatic carbocycles. The molecule has 2 bridgehead atoms. The van der Waals surface area contributed by atoms with Gasteiger partial charge in [-0.1, -0.05) is 6.07 Å². The van der Waals surface area contributed by atoms with Crippen LogP contribution in [0.1, 0.15) is 42.2 Å². The quantitative estimate of drug-likeness (QED) is 0.631. The number of hydrogen-bond acceptors (Lipinski definition) is 0. The van der Waals surface area contributed by atoms with Gasteiger partial charge in [-0.2, -0.15) is 0 Å². The fourth-order valence-electron chi connectivity index (χ4n) is 2.82. The van der Waals surface area contributed by atoms with E-state index in [4.69, 9.17) is 0 Å². The van der Waals surface area contributed by atoms with E-state index in [0.29, 0.717) is 0 Å². The van der Waals surface area contributed by atoms with Crippen molar-refractivity contribution in [3.63, 3.8) is 0 Å². The molecule has 0 aliphatic heterocycles. The zero-order chi connectivity index (χ0) is 8.13. The maximum absolute atomic E-state index is 2.41. The van der Waals surface area contributed by atoms with Gasteiger partial charge in [0.2, 0.25) is 0 Å². The van der Waals surface area contributed by atoms with E-state index < -0.39 is 0 Å². The summed E-state index contributed by atoms with van der Waals surface area (Å²) in [6.07, 6.45) is 4.32. The first-order valence-electron chi connectivity index (χ1n) is 4.64. The van der Waals surface area contributed by atoms with Crippen LogP contribution in [0.2, 0.25) is 0 Å². The minimum atomic E-state index is 0.916. The summed E-state index contributed by atoms with van der Waals surface area (Å²) in [5.74, 6) is 1.83. The molecule has 12 heavy (non-hydrogen) atoms. The first-order valence-corrected chi connectivity index (χ1v) is 5.72. The fourth-order valence-corrected chi connectivity index (χ4v) is 3.33. The summed E-state index contributed by atoms with van der Waals surface area (Å²) in [5, 5.41) is 0. The van der Waals surface area contributed by atoms with E-state index in [2.05, 4.69) is 40.8 Å². The maximum Gasteiger partial charge on any atom is 0.0133 e. The average Bonchev–Trinajstić information content (AvgIpc) is 2.63. The smallest absolute Gasteiger partial charge is 0.0133 e. The molecule has 1 saturated carbocycles. The van der Waals surface area contributed by atoms with Crippen LogP contribution in [0, 0.1) is 3.57 Å². The summed E-state index contributed by atoms with van der Waals surface area (Å²) in [5.41, 5.74) is 3.32. The predicted molar refractivity (Wildman–Crippen MR) is 58.5 cm³/mol. The number of fused-ring (bicyclic) bond motifs is 5. The van der Waals surface area contributed by atoms with E-state index in [1.165, 1.54) is 22.8 Å². The molecule has 0 aromatic heterocycles. The van der Waals surface area contributed by atoms with Crippen molar-refractivity contribution in [2.45, 2.75) is 31.1 Å². The van der Waals surface area contributed by atoms with Gasteiger partial charge in [0.25, 0.3) is 0 Å². The largest absolute Gasteiger partial charge is 0.0574 e. The van der Waals surface area contributed by atoms with Gasteiger partial charge in [-0.15, -0.1) is 0 Å². The molecule has 0 saturated heterocycles. The Labute approximate surface area is 86.5 Å². The van der Waals surface area contributed by atoms with Crippen LogP contribution in [-0.2, 0) is 0 Å². The van der Waals surface area contributed by atoms with Gasteiger partial charge in [0.15, 0.2) is 0 Å². The van der Waals surface area contributed by atoms with Crippen molar-refractivity contribution in [2.24, 2.45) is 0 Å². The molecule has 2 aliphatic rings. The second kappa shape index (κ2) is 2.47. The van der Waals surface area contributed by atoms with E-state index in [1.807, 2.05) is 0 Å². The lowest BCUT2D eigenvalue weighted by atomic mass is 9.92. The molecule has 0 spiro atoms. The standard InChI is InChI=1S/C11H11I/c12-9-3-4-10-7-1-2-8(5-7)11(10)6-9/h3-4,6-8H,1-2,5H2. The highest BCUT2D eigenvalue weighted by Crippen LogP contribution is 2.52. The molecule has 1 heteroatoms. The third kappa shape index (κ3) is 0.889. The number of rotatable bonds is 0. The summed E-state index contributed by atoms with van der Waals surface area (Å²) in [4.78, 5) is 0. The molecule has 1 aromatic rings. The van der Waals surface area contributed by atoms with Crippen molar-refractivity contribution < 1.29 is 0 Å². The monoisotopic (exact) mass is 270 g/mol. The molecule has 0 radical (unpaired) electrons. The molecule has 1 aromatic carbocycles. The molecular weight excluding hydrogens is 259 g/mol. The maximum atomic E-state index is 2.41. The van der Waals surface area contributed by atoms with Crippen molar-refractivity contribution in [3.8, 4) is 0 Å². The lowest BCUT2D eigenvalue weighted by Crippen LogP contribution is -1.97. The minimum absolute atomic E-state index is 0.916. The normalized spacial score (nSPS) is 30.8. The van der Waals surface area contributed by atoms with E-state index in [-0.39, 0.29) is 0 Å². The molecule has 0 nitrogen and oxygen atoms in total. The predicted octanol–water partition coefficient (Wildman–Crippen LogP) is 3.66. The van der Waals surface area contributed by atoms with E-state index in [1.54, 1.807) is 11.1 Å². The van der Waals surface area contributed by atoms with Crippen LogP contribution in [-0.4, -0.2) is 0 Å². The van der Waals surface area contributed by atoms with E-state index in [0.717, 1.165) is 11.8 Å². The van der Waals surface area contributed by atoms with Crippen molar-refractivity contribution in [3.05, 3.63) is 32.9 Å². The van der Waals surface area contributed by atoms with Crippen LogP contribution in [0.25, 0.3) is 0 Å². The van der Waals surface area contributed by atoms with E-state index >= 15 is 0 Å². The Hall–Kier alpha value is -0.0500. The summed E-state index contributed by atoms with van der Waals surface area (Å²) < 4.78 is 1.40. The van der Waals surface area contributed by atoms with E-state index in [9.17, 15) is 0 Å². The molecule has 1 fully saturated rings. The zero-order valence-corrected chi connectivity index (χ0v) is 9.04. The molecule has 2 atom stereocenters. The van der Waals surface area contributed by atoms with Gasteiger partial charge < -0.3 is 0 Å². The summed E-state index contributed by atoms with van der Waals surface area (Å²) in [6.45, 7) is 0. The Morgan fingerprint density at radius 1 is 1.08 bits per heavy atom. The molecule has 3 rings (SSSR count). The number of benzene rings is 1. The van der Waals surface area contributed by atoms with Crippen LogP contribution in [0.15, 0.2) is 18.2 Å². The Kier molecular flexibility index (Phi) is 1.52. The van der Waals surface area contributed by atoms with Crippen molar-refractivity contribution in [2.75, 3.05) is 0 Å². The molecule has 0 amide bonds. The van der Waals surface area contributed by atoms with Crippen molar-refractivity contribution in [1.29, 1.82) is 0 Å². The van der Waals surface area contributed by atoms with Crippen LogP contribution in [0.5, 0.6) is 0 Å². The Bertz CT molecular complexity index is 330. The second-order valence-electron chi connectivity index (χ2n) is 3.98. The zero-order valence-electron chi connectivity index (χ0n) is 6.89. The third-order valence-electron chi connectivity index (χ3n) is 3.36. The van der Waals surface area contributed by atoms with Crippen LogP contribution >= 0.6 is 22.6 Å². The first kappa shape index (κ1) is 7.36. The van der Waals surface area contributed by atoms with Gasteiger partial charge >= 0.3 is 0 Å². The van der Waals surface area contributed by atoms with Gasteiger partial charge in [0.1, 0.15) is 0 Å². The average molecular weight is 270 g/mol. The Balaban J connectivity index is 2.20. The highest BCUT2D eigenvalue weighted by atomic mass is 127. The van der Waals surface area contributed by atoms with Gasteiger partial charge in [0.05, 0.1) is 0 Å². The molecule has 2 unspecified atom stereocenters. The van der Waals surface area contributed by atoms with Gasteiger partial charge in [-0.3, -0.25) is 0 Å². The third-order valence-corrected chi connectivity index (χ3v) is 4.03. The summed E-state index contributed by atoms with van der Waals surface area (Å²) in [6, 6.07) is 6.99. The lowest BCUT2D eigenvalue weighted by molar-refractivity contribution is 0.717. The SMILES string of the molecule is Ic1ccc2c(c1)C1CCC2C1. The lowest BCUT2D eigenvalue weighted by Gasteiger charge is -2.14. The minimum Gasteiger partial charge on any atom is -0.0574 e. The molecular formula is C11H11I. The summed E-state index contributed by atoms with van der Waals surface area (Å²) >= 11 is 2.41. The summed E-state index contributed by atoms with van der Waals surface area (Å²) in [7, 11) is 0. The topological polar surface area (TPSA) is 0 Å². The molecule has 0 N–H and O–H groups in total. The first-order chi connectivity index (χ1) is 5.84. The molecule has 62 valence electrons. The van der Waals surface area contributed by atoms with Gasteiger partial charge in [0, 0.05) is 3.57 Å². The van der Waals surface area contributed by atoms with Crippen LogP contribution < -0.4 is 0 Å². The Morgan fingerprint density at radius 2 is 1.83 bits per heavy atom. The van der Waals surface area contributed by atoms with Crippen LogP contribution in [0.4, 0.5) is 0 Å². The van der Waals surface area contributed by atoms with Gasteiger partial charge in [-0.25, -0.2) is 0 Å². The van der Waals surface area contributed by atoms with Crippen LogP contribution in [0.3, 0.4) is 0 Å². The fraction of sp³-hybridized carbons (Fsp3) is 0.455. The van der Waals surface area contributed by atoms with Crippen molar-refractivity contribution in [1.82, 2.24) is 0 Å². The van der Waals surface area contributed by atoms with Crippen molar-refractivity contribution >= 4 is 22.6 Å². The Morgan fingerprint density at radius 3 is 2.67 bits per heavy atom. The number of hydrogen-bond donors (Lipinski definition) is 0. The highest BCUT2D eigenvalue weighted by Gasteiger charge is 2.36. The molecule has 0 heterocycles. The second-order valence-corrected chi connectivity index (χ2v) is 5.23. The highest BCUT2D eigenvalue weighted by molar-refractivity contribution is 14.1. The number of halogens is 1. The van der Waals surface area contributed by atoms with Gasteiger partial charge in [-0.05, 0) is 76.9 Å².